The molecule has 0 aromatic carbocycles. The molecule has 2 aliphatic carbocycles. The van der Waals surface area contributed by atoms with Crippen LogP contribution < -0.4 is 0 Å². The van der Waals surface area contributed by atoms with Gasteiger partial charge in [-0.05, 0) is 61.8 Å². The Kier molecular flexibility index (Phi) is 9.97. The Hall–Kier alpha value is -0.920. The van der Waals surface area contributed by atoms with Gasteiger partial charge in [-0.25, -0.2) is 9.97 Å². The number of hydrogen-bond donors (Lipinski definition) is 0. The number of unbranched alkanes of at least 4 members (excludes halogenated alkanes) is 4. The van der Waals surface area contributed by atoms with Crippen LogP contribution in [0, 0.1) is 17.8 Å². The molecule has 1 heterocycles. The molecule has 0 bridgehead atoms. The summed E-state index contributed by atoms with van der Waals surface area (Å²) in [7, 11) is 0. The van der Waals surface area contributed by atoms with Gasteiger partial charge in [-0.15, -0.1) is 0 Å². The van der Waals surface area contributed by atoms with Crippen molar-refractivity contribution in [3.8, 4) is 0 Å². The number of aromatic nitrogens is 2. The van der Waals surface area contributed by atoms with Gasteiger partial charge in [-0.3, -0.25) is 0 Å². The fraction of sp³-hybridized carbons (Fsp3) is 0.852. The second kappa shape index (κ2) is 12.7. The minimum Gasteiger partial charge on any atom is -0.241 e. The molecule has 0 atom stereocenters. The molecular weight excluding hydrogens is 352 g/mol. The standard InChI is InChI=1S/C27H46N2/c1-3-5-6-7-8-9-25-20-28-27(29-21-25)26-18-16-24(17-19-26)15-14-23-12-10-22(4-2)11-13-23/h20-24,26H,3-19H2,1-2H3. The lowest BCUT2D eigenvalue weighted by atomic mass is 9.75. The first kappa shape index (κ1) is 22.8. The van der Waals surface area contributed by atoms with Crippen LogP contribution in [-0.2, 0) is 6.42 Å². The number of rotatable bonds is 11. The van der Waals surface area contributed by atoms with Crippen LogP contribution in [0.25, 0.3) is 0 Å². The van der Waals surface area contributed by atoms with E-state index in [-0.39, 0.29) is 0 Å². The number of nitrogens with zero attached hydrogens (tertiary/aromatic N) is 2. The molecular formula is C27H46N2. The zero-order valence-electron chi connectivity index (χ0n) is 19.4. The second-order valence-corrected chi connectivity index (χ2v) is 10.2. The normalized spacial score (nSPS) is 27.8. The van der Waals surface area contributed by atoms with Gasteiger partial charge in [0.2, 0.25) is 0 Å². The molecule has 2 aliphatic rings. The fourth-order valence-corrected chi connectivity index (χ4v) is 5.75. The van der Waals surface area contributed by atoms with Crippen LogP contribution in [0.15, 0.2) is 12.4 Å². The fourth-order valence-electron chi connectivity index (χ4n) is 5.75. The summed E-state index contributed by atoms with van der Waals surface area (Å²) in [5, 5.41) is 0. The first-order chi connectivity index (χ1) is 14.3. The first-order valence-electron chi connectivity index (χ1n) is 13.1. The molecule has 0 saturated heterocycles. The van der Waals surface area contributed by atoms with Crippen molar-refractivity contribution in [1.29, 1.82) is 0 Å². The highest BCUT2D eigenvalue weighted by Gasteiger charge is 2.26. The summed E-state index contributed by atoms with van der Waals surface area (Å²) in [5.41, 5.74) is 1.33. The van der Waals surface area contributed by atoms with E-state index in [1.165, 1.54) is 108 Å². The van der Waals surface area contributed by atoms with Crippen LogP contribution in [0.3, 0.4) is 0 Å². The molecule has 1 aromatic heterocycles. The van der Waals surface area contributed by atoms with E-state index in [1.54, 1.807) is 0 Å². The monoisotopic (exact) mass is 398 g/mol. The van der Waals surface area contributed by atoms with Crippen molar-refractivity contribution >= 4 is 0 Å². The van der Waals surface area contributed by atoms with Gasteiger partial charge in [0, 0.05) is 18.3 Å². The molecule has 29 heavy (non-hydrogen) atoms. The van der Waals surface area contributed by atoms with Gasteiger partial charge < -0.3 is 0 Å². The van der Waals surface area contributed by atoms with Crippen LogP contribution in [0.5, 0.6) is 0 Å². The molecule has 0 spiro atoms. The van der Waals surface area contributed by atoms with Crippen LogP contribution >= 0.6 is 0 Å². The summed E-state index contributed by atoms with van der Waals surface area (Å²) in [4.78, 5) is 9.53. The summed E-state index contributed by atoms with van der Waals surface area (Å²) in [5.74, 6) is 4.78. The quantitative estimate of drug-likeness (QED) is 0.350. The van der Waals surface area contributed by atoms with Gasteiger partial charge in [-0.1, -0.05) is 84.5 Å². The third-order valence-corrected chi connectivity index (χ3v) is 8.03. The molecule has 0 N–H and O–H groups in total. The van der Waals surface area contributed by atoms with E-state index in [1.807, 2.05) is 0 Å². The Morgan fingerprint density at radius 2 is 1.24 bits per heavy atom. The van der Waals surface area contributed by atoms with Crippen molar-refractivity contribution < 1.29 is 0 Å². The summed E-state index contributed by atoms with van der Waals surface area (Å²) in [6, 6.07) is 0. The summed E-state index contributed by atoms with van der Waals surface area (Å²) in [6.07, 6.45) is 27.9. The zero-order chi connectivity index (χ0) is 20.3. The highest BCUT2D eigenvalue weighted by Crippen LogP contribution is 2.39. The first-order valence-corrected chi connectivity index (χ1v) is 13.1. The topological polar surface area (TPSA) is 25.8 Å². The van der Waals surface area contributed by atoms with E-state index in [0.29, 0.717) is 5.92 Å². The van der Waals surface area contributed by atoms with Crippen molar-refractivity contribution in [3.63, 3.8) is 0 Å². The predicted molar refractivity (Wildman–Crippen MR) is 124 cm³/mol. The summed E-state index contributed by atoms with van der Waals surface area (Å²) >= 11 is 0. The van der Waals surface area contributed by atoms with Gasteiger partial charge in [0.05, 0.1) is 0 Å². The van der Waals surface area contributed by atoms with E-state index in [4.69, 9.17) is 9.97 Å². The molecule has 0 unspecified atom stereocenters. The largest absolute Gasteiger partial charge is 0.241 e. The van der Waals surface area contributed by atoms with Crippen molar-refractivity contribution in [2.75, 3.05) is 0 Å². The van der Waals surface area contributed by atoms with Crippen molar-refractivity contribution in [2.24, 2.45) is 17.8 Å². The highest BCUT2D eigenvalue weighted by atomic mass is 14.9. The maximum atomic E-state index is 4.77. The van der Waals surface area contributed by atoms with Crippen molar-refractivity contribution in [1.82, 2.24) is 9.97 Å². The molecule has 0 aliphatic heterocycles. The Labute approximate surface area is 180 Å². The maximum absolute atomic E-state index is 4.77. The average Bonchev–Trinajstić information content (AvgIpc) is 2.79. The van der Waals surface area contributed by atoms with Gasteiger partial charge >= 0.3 is 0 Å². The van der Waals surface area contributed by atoms with Gasteiger partial charge in [0.25, 0.3) is 0 Å². The minimum absolute atomic E-state index is 0.616. The van der Waals surface area contributed by atoms with Gasteiger partial charge in [0.1, 0.15) is 5.82 Å². The molecule has 2 heteroatoms. The Bertz CT molecular complexity index is 536. The third-order valence-electron chi connectivity index (χ3n) is 8.03. The van der Waals surface area contributed by atoms with Crippen LogP contribution in [-0.4, -0.2) is 9.97 Å². The summed E-state index contributed by atoms with van der Waals surface area (Å²) < 4.78 is 0. The van der Waals surface area contributed by atoms with E-state index >= 15 is 0 Å². The molecule has 2 saturated carbocycles. The Morgan fingerprint density at radius 3 is 1.83 bits per heavy atom. The molecule has 2 nitrogen and oxygen atoms in total. The van der Waals surface area contributed by atoms with E-state index in [9.17, 15) is 0 Å². The molecule has 2 fully saturated rings. The van der Waals surface area contributed by atoms with E-state index in [0.717, 1.165) is 30.0 Å². The number of aryl methyl sites for hydroxylation is 1. The van der Waals surface area contributed by atoms with Crippen LogP contribution in [0.4, 0.5) is 0 Å². The lowest BCUT2D eigenvalue weighted by Crippen LogP contribution is -2.18. The molecule has 164 valence electrons. The SMILES string of the molecule is CCCCCCCc1cnc(C2CCC(CCC3CCC(CC)CC3)CC2)nc1. The van der Waals surface area contributed by atoms with Crippen LogP contribution in [0.1, 0.15) is 134 Å². The highest BCUT2D eigenvalue weighted by molar-refractivity contribution is 5.08. The molecule has 0 radical (unpaired) electrons. The van der Waals surface area contributed by atoms with Crippen LogP contribution in [0.2, 0.25) is 0 Å². The van der Waals surface area contributed by atoms with Crippen molar-refractivity contribution in [2.45, 2.75) is 129 Å². The Balaban J connectivity index is 1.32. The second-order valence-electron chi connectivity index (χ2n) is 10.2. The smallest absolute Gasteiger partial charge is 0.131 e. The molecule has 0 amide bonds. The maximum Gasteiger partial charge on any atom is 0.131 e. The minimum atomic E-state index is 0.616. The molecule has 3 rings (SSSR count). The lowest BCUT2D eigenvalue weighted by Gasteiger charge is -2.31. The summed E-state index contributed by atoms with van der Waals surface area (Å²) in [6.45, 7) is 4.65. The average molecular weight is 399 g/mol. The van der Waals surface area contributed by atoms with Gasteiger partial charge in [0.15, 0.2) is 0 Å². The lowest BCUT2D eigenvalue weighted by molar-refractivity contribution is 0.226. The number of hydrogen-bond acceptors (Lipinski definition) is 2. The predicted octanol–water partition coefficient (Wildman–Crippen LogP) is 8.26. The van der Waals surface area contributed by atoms with Crippen molar-refractivity contribution in [3.05, 3.63) is 23.8 Å². The van der Waals surface area contributed by atoms with E-state index < -0.39 is 0 Å². The van der Waals surface area contributed by atoms with E-state index in [2.05, 4.69) is 26.2 Å². The Morgan fingerprint density at radius 1 is 0.690 bits per heavy atom. The molecule has 1 aromatic rings. The zero-order valence-corrected chi connectivity index (χ0v) is 19.4. The third kappa shape index (κ3) is 7.68. The van der Waals surface area contributed by atoms with Gasteiger partial charge in [-0.2, -0.15) is 0 Å².